The minimum Gasteiger partial charge on any atom is -1.00 e. The van der Waals surface area contributed by atoms with E-state index >= 15 is 0 Å². The van der Waals surface area contributed by atoms with Crippen LogP contribution in [0.5, 0.6) is 0 Å². The Morgan fingerprint density at radius 3 is 1.36 bits per heavy atom. The number of rotatable bonds is 4. The highest BCUT2D eigenvalue weighted by atomic mass is 35.5. The van der Waals surface area contributed by atoms with Gasteiger partial charge in [-0.1, -0.05) is 24.3 Å². The van der Waals surface area contributed by atoms with Gasteiger partial charge in [0, 0.05) is 0 Å². The van der Waals surface area contributed by atoms with Crippen LogP contribution in [0.25, 0.3) is 0 Å². The van der Waals surface area contributed by atoms with Crippen molar-refractivity contribution in [2.24, 2.45) is 14.1 Å². The molecule has 0 amide bonds. The van der Waals surface area contributed by atoms with Crippen LogP contribution in [-0.4, -0.2) is 9.97 Å². The van der Waals surface area contributed by atoms with E-state index < -0.39 is 0 Å². The first-order chi connectivity index (χ1) is 9.72. The van der Waals surface area contributed by atoms with Gasteiger partial charge >= 0.3 is 0 Å². The highest BCUT2D eigenvalue weighted by molar-refractivity contribution is 5.25. The topological polar surface area (TPSA) is 39.3 Å². The highest BCUT2D eigenvalue weighted by Crippen LogP contribution is 2.09. The lowest BCUT2D eigenvalue weighted by atomic mass is 10.1. The Hall–Kier alpha value is -1.78. The fourth-order valence-electron chi connectivity index (χ4n) is 2.39. The minimum absolute atomic E-state index is 0. The van der Waals surface area contributed by atoms with Gasteiger partial charge in [-0.25, -0.2) is 19.1 Å². The predicted octanol–water partition coefficient (Wildman–Crippen LogP) is -4.82. The molecular weight excluding hydrogens is 319 g/mol. The molecule has 3 rings (SSSR count). The van der Waals surface area contributed by atoms with E-state index in [2.05, 4.69) is 57.5 Å². The normalized spacial score (nSPS) is 9.91. The molecule has 0 saturated carbocycles. The van der Waals surface area contributed by atoms with Crippen LogP contribution in [0.4, 0.5) is 0 Å². The second kappa shape index (κ2) is 8.01. The van der Waals surface area contributed by atoms with Gasteiger partial charge in [-0.15, -0.1) is 0 Å². The predicted molar refractivity (Wildman–Crippen MR) is 76.0 cm³/mol. The van der Waals surface area contributed by atoms with Crippen LogP contribution in [0, 0.1) is 0 Å². The Labute approximate surface area is 143 Å². The molecule has 0 fully saturated rings. The zero-order chi connectivity index (χ0) is 13.9. The molecule has 0 bridgehead atoms. The summed E-state index contributed by atoms with van der Waals surface area (Å²) in [7, 11) is 4.12. The number of benzene rings is 1. The first-order valence-electron chi connectivity index (χ1n) is 6.84. The van der Waals surface area contributed by atoms with Gasteiger partial charge in [0.05, 0.1) is 26.9 Å². The van der Waals surface area contributed by atoms with Crippen molar-refractivity contribution in [3.8, 4) is 0 Å². The molecule has 1 aromatic carbocycles. The second-order valence-corrected chi connectivity index (χ2v) is 5.21. The Balaban J connectivity index is 0.00000121. The smallest absolute Gasteiger partial charge is 0.258 e. The zero-order valence-corrected chi connectivity index (χ0v) is 14.2. The quantitative estimate of drug-likeness (QED) is 0.448. The van der Waals surface area contributed by atoms with Crippen LogP contribution >= 0.6 is 0 Å². The number of aryl methyl sites for hydroxylation is 2. The van der Waals surface area contributed by atoms with E-state index in [0.29, 0.717) is 0 Å². The summed E-state index contributed by atoms with van der Waals surface area (Å²) in [6, 6.07) is 8.83. The third-order valence-corrected chi connectivity index (χ3v) is 3.71. The van der Waals surface area contributed by atoms with Gasteiger partial charge in [0.1, 0.15) is 24.8 Å². The van der Waals surface area contributed by atoms with Crippen molar-refractivity contribution < 1.29 is 33.9 Å². The SMILES string of the molecule is C[n+]1cc[nH]c1Cc1ccc(Cc2[nH]cc[n+]2C)cc1.[Cl-].[Cl-]. The molecule has 0 aliphatic carbocycles. The average Bonchev–Trinajstić information content (AvgIpc) is 3.02. The maximum atomic E-state index is 3.27. The average molecular weight is 339 g/mol. The van der Waals surface area contributed by atoms with E-state index in [-0.39, 0.29) is 24.8 Å². The van der Waals surface area contributed by atoms with Gasteiger partial charge in [0.25, 0.3) is 11.6 Å². The maximum absolute atomic E-state index is 3.27. The molecule has 3 aromatic rings. The standard InChI is InChI=1S/C16H18N4.2ClH/c1-19-9-7-17-15(19)11-13-3-5-14(6-4-13)12-16-18-8-10-20(16)2;;/h3-10H,11-12H2,1-2H3;2*1H. The fraction of sp³-hybridized carbons (Fsp3) is 0.250. The van der Waals surface area contributed by atoms with Crippen molar-refractivity contribution in [1.82, 2.24) is 9.97 Å². The molecule has 4 nitrogen and oxygen atoms in total. The maximum Gasteiger partial charge on any atom is 0.258 e. The van der Waals surface area contributed by atoms with Gasteiger partial charge in [-0.3, -0.25) is 0 Å². The number of aromatic nitrogens is 4. The van der Waals surface area contributed by atoms with Crippen molar-refractivity contribution in [2.45, 2.75) is 12.8 Å². The van der Waals surface area contributed by atoms with E-state index in [9.17, 15) is 0 Å². The lowest BCUT2D eigenvalue weighted by Gasteiger charge is -2.01. The summed E-state index contributed by atoms with van der Waals surface area (Å²) in [5.41, 5.74) is 2.64. The number of halogens is 2. The summed E-state index contributed by atoms with van der Waals surface area (Å²) in [6.07, 6.45) is 9.87. The van der Waals surface area contributed by atoms with Crippen LogP contribution in [-0.2, 0) is 26.9 Å². The number of imidazole rings is 2. The lowest BCUT2D eigenvalue weighted by molar-refractivity contribution is -0.677. The minimum atomic E-state index is 0. The summed E-state index contributed by atoms with van der Waals surface area (Å²) in [5, 5.41) is 0. The Morgan fingerprint density at radius 2 is 1.09 bits per heavy atom. The van der Waals surface area contributed by atoms with Crippen LogP contribution in [0.2, 0.25) is 0 Å². The summed E-state index contributed by atoms with van der Waals surface area (Å²) >= 11 is 0. The molecule has 0 saturated heterocycles. The van der Waals surface area contributed by atoms with Crippen LogP contribution < -0.4 is 33.9 Å². The van der Waals surface area contributed by atoms with Crippen molar-refractivity contribution in [2.75, 3.05) is 0 Å². The first-order valence-corrected chi connectivity index (χ1v) is 6.84. The summed E-state index contributed by atoms with van der Waals surface area (Å²) in [5.74, 6) is 2.43. The molecule has 6 heteroatoms. The number of hydrogen-bond acceptors (Lipinski definition) is 0. The number of nitrogens with zero attached hydrogens (tertiary/aromatic N) is 2. The molecule has 0 spiro atoms. The van der Waals surface area contributed by atoms with E-state index in [1.54, 1.807) is 0 Å². The Morgan fingerprint density at radius 1 is 0.727 bits per heavy atom. The molecule has 2 N–H and O–H groups in total. The zero-order valence-electron chi connectivity index (χ0n) is 12.7. The molecule has 2 aromatic heterocycles. The van der Waals surface area contributed by atoms with Crippen molar-refractivity contribution in [3.63, 3.8) is 0 Å². The van der Waals surface area contributed by atoms with Crippen LogP contribution in [0.15, 0.2) is 49.1 Å². The van der Waals surface area contributed by atoms with Crippen LogP contribution in [0.1, 0.15) is 22.8 Å². The molecule has 118 valence electrons. The Bertz CT molecular complexity index is 640. The van der Waals surface area contributed by atoms with Gasteiger partial charge in [0.2, 0.25) is 0 Å². The van der Waals surface area contributed by atoms with E-state index in [1.807, 2.05) is 24.8 Å². The summed E-state index contributed by atoms with van der Waals surface area (Å²) in [4.78, 5) is 6.53. The highest BCUT2D eigenvalue weighted by Gasteiger charge is 2.10. The van der Waals surface area contributed by atoms with E-state index in [1.165, 1.54) is 22.8 Å². The third kappa shape index (κ3) is 4.12. The molecule has 0 radical (unpaired) electrons. The fourth-order valence-corrected chi connectivity index (χ4v) is 2.39. The van der Waals surface area contributed by atoms with Gasteiger partial charge in [-0.2, -0.15) is 0 Å². The van der Waals surface area contributed by atoms with Gasteiger partial charge < -0.3 is 24.8 Å². The third-order valence-electron chi connectivity index (χ3n) is 3.71. The number of H-pyrrole nitrogens is 2. The molecule has 0 aliphatic rings. The molecule has 2 heterocycles. The lowest BCUT2D eigenvalue weighted by Crippen LogP contribution is -3.00. The van der Waals surface area contributed by atoms with Crippen molar-refractivity contribution in [3.05, 3.63) is 71.8 Å². The summed E-state index contributed by atoms with van der Waals surface area (Å²) in [6.45, 7) is 0. The Kier molecular flexibility index (Phi) is 6.65. The van der Waals surface area contributed by atoms with E-state index in [0.717, 1.165) is 12.8 Å². The van der Waals surface area contributed by atoms with E-state index in [4.69, 9.17) is 0 Å². The van der Waals surface area contributed by atoms with Crippen LogP contribution in [0.3, 0.4) is 0 Å². The molecule has 0 aliphatic heterocycles. The summed E-state index contributed by atoms with van der Waals surface area (Å²) < 4.78 is 4.24. The molecule has 22 heavy (non-hydrogen) atoms. The van der Waals surface area contributed by atoms with Gasteiger partial charge in [0.15, 0.2) is 0 Å². The molecule has 0 unspecified atom stereocenters. The van der Waals surface area contributed by atoms with Crippen molar-refractivity contribution >= 4 is 0 Å². The van der Waals surface area contributed by atoms with Crippen molar-refractivity contribution in [1.29, 1.82) is 0 Å². The first kappa shape index (κ1) is 18.3. The van der Waals surface area contributed by atoms with Gasteiger partial charge in [-0.05, 0) is 11.1 Å². The monoisotopic (exact) mass is 338 g/mol. The largest absolute Gasteiger partial charge is 1.00 e. The molecular formula is C16H20Cl2N4. The number of aromatic amines is 2. The number of hydrogen-bond donors (Lipinski definition) is 2. The number of nitrogens with one attached hydrogen (secondary N) is 2. The second-order valence-electron chi connectivity index (χ2n) is 5.21. The molecule has 0 atom stereocenters.